The Labute approximate surface area is 129 Å². The molecule has 1 aromatic heterocycles. The molecule has 110 valence electrons. The Morgan fingerprint density at radius 3 is 2.76 bits per heavy atom. The minimum absolute atomic E-state index is 0.269. The molecule has 0 bridgehead atoms. The minimum Gasteiger partial charge on any atom is -0.320 e. The van der Waals surface area contributed by atoms with E-state index in [1.54, 1.807) is 30.3 Å². The van der Waals surface area contributed by atoms with Crippen LogP contribution in [0.2, 0.25) is 0 Å². The molecule has 0 spiro atoms. The van der Waals surface area contributed by atoms with Gasteiger partial charge in [-0.1, -0.05) is 24.8 Å². The van der Waals surface area contributed by atoms with Crippen molar-refractivity contribution in [2.75, 3.05) is 11.3 Å². The highest BCUT2D eigenvalue weighted by atomic mass is 32.2. The Morgan fingerprint density at radius 1 is 1.29 bits per heavy atom. The van der Waals surface area contributed by atoms with Crippen molar-refractivity contribution >= 4 is 27.0 Å². The van der Waals surface area contributed by atoms with Gasteiger partial charge in [0.05, 0.1) is 12.2 Å². The van der Waals surface area contributed by atoms with E-state index in [0.29, 0.717) is 9.90 Å². The van der Waals surface area contributed by atoms with Crippen LogP contribution in [0.5, 0.6) is 0 Å². The average molecular weight is 320 g/mol. The maximum atomic E-state index is 12.3. The van der Waals surface area contributed by atoms with Gasteiger partial charge in [-0.3, -0.25) is 4.72 Å². The summed E-state index contributed by atoms with van der Waals surface area (Å²) in [6.07, 6.45) is 0.824. The molecule has 0 radical (unpaired) electrons. The largest absolute Gasteiger partial charge is 0.320 e. The Morgan fingerprint density at radius 2 is 2.10 bits per heavy atom. The first-order chi connectivity index (χ1) is 10.0. The summed E-state index contributed by atoms with van der Waals surface area (Å²) in [4.78, 5) is 1.04. The monoisotopic (exact) mass is 320 g/mol. The maximum absolute atomic E-state index is 12.3. The number of hydrogen-bond donors (Lipinski definition) is 2. The number of aryl methyl sites for hydroxylation is 1. The van der Waals surface area contributed by atoms with E-state index in [4.69, 9.17) is 5.73 Å². The van der Waals surface area contributed by atoms with E-state index in [0.717, 1.165) is 16.9 Å². The average Bonchev–Trinajstić information content (AvgIpc) is 2.95. The zero-order chi connectivity index (χ0) is 15.3. The number of anilines is 1. The second-order valence-electron chi connectivity index (χ2n) is 4.27. The van der Waals surface area contributed by atoms with Crippen LogP contribution in [0.15, 0.2) is 40.6 Å². The fraction of sp³-hybridized carbons (Fsp3) is 0.200. The molecule has 0 aliphatic heterocycles. The van der Waals surface area contributed by atoms with Crippen LogP contribution in [0, 0.1) is 11.8 Å². The summed E-state index contributed by atoms with van der Waals surface area (Å²) in [5.41, 5.74) is 6.54. The van der Waals surface area contributed by atoms with Gasteiger partial charge in [0.1, 0.15) is 4.21 Å². The van der Waals surface area contributed by atoms with Crippen LogP contribution in [-0.2, 0) is 16.4 Å². The van der Waals surface area contributed by atoms with Crippen molar-refractivity contribution in [3.63, 3.8) is 0 Å². The summed E-state index contributed by atoms with van der Waals surface area (Å²) in [6, 6.07) is 10.4. The number of nitrogens with one attached hydrogen (secondary N) is 1. The predicted octanol–water partition coefficient (Wildman–Crippen LogP) is 2.42. The third-order valence-electron chi connectivity index (χ3n) is 2.70. The van der Waals surface area contributed by atoms with Crippen molar-refractivity contribution in [2.24, 2.45) is 5.73 Å². The molecule has 1 aromatic carbocycles. The number of rotatable bonds is 4. The zero-order valence-electron chi connectivity index (χ0n) is 11.6. The molecule has 2 rings (SSSR count). The van der Waals surface area contributed by atoms with Gasteiger partial charge in [-0.05, 0) is 36.8 Å². The third-order valence-corrected chi connectivity index (χ3v) is 5.80. The molecular formula is C15H16N2O2S2. The van der Waals surface area contributed by atoms with Crippen LogP contribution in [0.1, 0.15) is 17.4 Å². The highest BCUT2D eigenvalue weighted by Crippen LogP contribution is 2.24. The molecule has 21 heavy (non-hydrogen) atoms. The molecule has 0 saturated heterocycles. The SMILES string of the molecule is CCc1ccc(S(=O)(=O)Nc2cccc(C#CCN)c2)s1. The summed E-state index contributed by atoms with van der Waals surface area (Å²) >= 11 is 1.28. The van der Waals surface area contributed by atoms with Crippen LogP contribution in [0.4, 0.5) is 5.69 Å². The molecule has 0 saturated carbocycles. The van der Waals surface area contributed by atoms with Gasteiger partial charge in [0.25, 0.3) is 10.0 Å². The van der Waals surface area contributed by atoms with E-state index in [2.05, 4.69) is 16.6 Å². The molecule has 0 fully saturated rings. The van der Waals surface area contributed by atoms with Crippen molar-refractivity contribution < 1.29 is 8.42 Å². The van der Waals surface area contributed by atoms with E-state index < -0.39 is 10.0 Å². The van der Waals surface area contributed by atoms with E-state index in [-0.39, 0.29) is 6.54 Å². The van der Waals surface area contributed by atoms with Gasteiger partial charge in [0, 0.05) is 10.4 Å². The smallest absolute Gasteiger partial charge is 0.271 e. The van der Waals surface area contributed by atoms with Gasteiger partial charge in [0.2, 0.25) is 0 Å². The Balaban J connectivity index is 2.24. The molecule has 0 atom stereocenters. The second-order valence-corrected chi connectivity index (χ2v) is 7.34. The summed E-state index contributed by atoms with van der Waals surface area (Å²) in [5, 5.41) is 0. The molecule has 1 heterocycles. The first kappa shape index (κ1) is 15.6. The van der Waals surface area contributed by atoms with Gasteiger partial charge in [-0.2, -0.15) is 0 Å². The fourth-order valence-electron chi connectivity index (χ4n) is 1.71. The zero-order valence-corrected chi connectivity index (χ0v) is 13.2. The standard InChI is InChI=1S/C15H16N2O2S2/c1-2-14-8-9-15(20-14)21(18,19)17-13-7-3-5-12(11-13)6-4-10-16/h3,5,7-9,11,17H,2,10,16H2,1H3. The van der Waals surface area contributed by atoms with Crippen LogP contribution >= 0.6 is 11.3 Å². The van der Waals surface area contributed by atoms with E-state index in [9.17, 15) is 8.42 Å². The van der Waals surface area contributed by atoms with Crippen LogP contribution in [0.25, 0.3) is 0 Å². The predicted molar refractivity (Wildman–Crippen MR) is 86.9 cm³/mol. The number of benzene rings is 1. The van der Waals surface area contributed by atoms with Gasteiger partial charge < -0.3 is 5.73 Å². The summed E-state index contributed by atoms with van der Waals surface area (Å²) in [6.45, 7) is 2.26. The van der Waals surface area contributed by atoms with Crippen molar-refractivity contribution in [3.05, 3.63) is 46.8 Å². The number of hydrogen-bond acceptors (Lipinski definition) is 4. The molecular weight excluding hydrogens is 304 g/mol. The molecule has 2 aromatic rings. The quantitative estimate of drug-likeness (QED) is 0.850. The highest BCUT2D eigenvalue weighted by molar-refractivity contribution is 7.94. The second kappa shape index (κ2) is 6.76. The summed E-state index contributed by atoms with van der Waals surface area (Å²) in [7, 11) is -3.54. The lowest BCUT2D eigenvalue weighted by Gasteiger charge is -2.06. The van der Waals surface area contributed by atoms with Gasteiger partial charge in [0.15, 0.2) is 0 Å². The molecule has 0 amide bonds. The summed E-state index contributed by atoms with van der Waals surface area (Å²) < 4.78 is 27.5. The number of sulfonamides is 1. The van der Waals surface area contributed by atoms with Crippen molar-refractivity contribution in [1.82, 2.24) is 0 Å². The number of thiophene rings is 1. The Hall–Kier alpha value is -1.81. The normalized spacial score (nSPS) is 10.8. The lowest BCUT2D eigenvalue weighted by molar-refractivity contribution is 0.603. The molecule has 0 aliphatic carbocycles. The lowest BCUT2D eigenvalue weighted by atomic mass is 10.2. The van der Waals surface area contributed by atoms with E-state index >= 15 is 0 Å². The third kappa shape index (κ3) is 4.08. The number of nitrogens with two attached hydrogens (primary N) is 1. The molecule has 3 N–H and O–H groups in total. The minimum atomic E-state index is -3.54. The topological polar surface area (TPSA) is 72.2 Å². The molecule has 0 unspecified atom stereocenters. The van der Waals surface area contributed by atoms with Crippen molar-refractivity contribution in [2.45, 2.75) is 17.6 Å². The molecule has 4 nitrogen and oxygen atoms in total. The molecule has 6 heteroatoms. The molecule has 0 aliphatic rings. The van der Waals surface area contributed by atoms with E-state index in [1.165, 1.54) is 11.3 Å². The summed E-state index contributed by atoms with van der Waals surface area (Å²) in [5.74, 6) is 5.62. The van der Waals surface area contributed by atoms with Crippen LogP contribution < -0.4 is 10.5 Å². The fourth-order valence-corrected chi connectivity index (χ4v) is 4.06. The van der Waals surface area contributed by atoms with Gasteiger partial charge >= 0.3 is 0 Å². The highest BCUT2D eigenvalue weighted by Gasteiger charge is 2.16. The maximum Gasteiger partial charge on any atom is 0.271 e. The van der Waals surface area contributed by atoms with Crippen molar-refractivity contribution in [3.8, 4) is 11.8 Å². The van der Waals surface area contributed by atoms with Gasteiger partial charge in [-0.15, -0.1) is 11.3 Å². The first-order valence-electron chi connectivity index (χ1n) is 6.45. The van der Waals surface area contributed by atoms with Crippen LogP contribution in [-0.4, -0.2) is 15.0 Å². The van der Waals surface area contributed by atoms with E-state index in [1.807, 2.05) is 13.0 Å². The van der Waals surface area contributed by atoms with Crippen molar-refractivity contribution in [1.29, 1.82) is 0 Å². The first-order valence-corrected chi connectivity index (χ1v) is 8.75. The Kier molecular flexibility index (Phi) is 5.02. The lowest BCUT2D eigenvalue weighted by Crippen LogP contribution is -2.11. The van der Waals surface area contributed by atoms with Gasteiger partial charge in [-0.25, -0.2) is 8.42 Å². The Bertz CT molecular complexity index is 783. The van der Waals surface area contributed by atoms with Crippen LogP contribution in [0.3, 0.4) is 0 Å².